The Hall–Kier alpha value is -3.07. The van der Waals surface area contributed by atoms with Crippen LogP contribution in [0.3, 0.4) is 0 Å². The molecule has 4 rings (SSSR count). The van der Waals surface area contributed by atoms with E-state index in [4.69, 9.17) is 11.6 Å². The Morgan fingerprint density at radius 3 is 2.53 bits per heavy atom. The van der Waals surface area contributed by atoms with Crippen LogP contribution >= 0.6 is 11.6 Å². The second-order valence-corrected chi connectivity index (χ2v) is 9.57. The third kappa shape index (κ3) is 4.43. The number of fused-ring (bicyclic) bond motifs is 1. The summed E-state index contributed by atoms with van der Waals surface area (Å²) in [6, 6.07) is 18.0. The molecule has 32 heavy (non-hydrogen) atoms. The zero-order valence-corrected chi connectivity index (χ0v) is 18.9. The van der Waals surface area contributed by atoms with Gasteiger partial charge in [0.25, 0.3) is 15.9 Å². The largest absolute Gasteiger partial charge is 0.758 e. The van der Waals surface area contributed by atoms with Crippen molar-refractivity contribution in [3.05, 3.63) is 88.1 Å². The molecule has 1 amide bonds. The number of hydrogen-bond donors (Lipinski definition) is 1. The highest BCUT2D eigenvalue weighted by molar-refractivity contribution is 7.92. The first-order valence-corrected chi connectivity index (χ1v) is 11.9. The van der Waals surface area contributed by atoms with Crippen LogP contribution in [0.25, 0.3) is 0 Å². The van der Waals surface area contributed by atoms with Gasteiger partial charge in [0.15, 0.2) is 0 Å². The van der Waals surface area contributed by atoms with Crippen LogP contribution in [-0.2, 0) is 16.4 Å². The van der Waals surface area contributed by atoms with E-state index in [2.05, 4.69) is 4.72 Å². The summed E-state index contributed by atoms with van der Waals surface area (Å²) in [4.78, 5) is 14.7. The van der Waals surface area contributed by atoms with Crippen LogP contribution < -0.4 is 14.7 Å². The number of rotatable bonds is 5. The SMILES string of the molecule is CN([O-])c1cc(S(=O)(=O)Nc2ccc(C(=O)N3CCCc4ccccc43)cc2)ccc1Cl. The molecule has 0 saturated carbocycles. The normalized spacial score (nSPS) is 13.4. The fourth-order valence-electron chi connectivity index (χ4n) is 3.70. The van der Waals surface area contributed by atoms with E-state index in [0.29, 0.717) is 22.9 Å². The lowest BCUT2D eigenvalue weighted by Gasteiger charge is -2.29. The van der Waals surface area contributed by atoms with E-state index in [9.17, 15) is 18.4 Å². The third-order valence-corrected chi connectivity index (χ3v) is 7.01. The number of benzene rings is 3. The highest BCUT2D eigenvalue weighted by Gasteiger charge is 2.23. The predicted molar refractivity (Wildman–Crippen MR) is 127 cm³/mol. The number of para-hydroxylation sites is 1. The number of hydroxylamine groups is 1. The molecule has 0 bridgehead atoms. The molecule has 0 saturated heterocycles. The van der Waals surface area contributed by atoms with E-state index >= 15 is 0 Å². The van der Waals surface area contributed by atoms with Crippen molar-refractivity contribution >= 4 is 44.6 Å². The Bertz CT molecular complexity index is 1260. The fourth-order valence-corrected chi connectivity index (χ4v) is 5.01. The lowest BCUT2D eigenvalue weighted by Crippen LogP contribution is -2.35. The van der Waals surface area contributed by atoms with Gasteiger partial charge in [-0.05, 0) is 74.0 Å². The van der Waals surface area contributed by atoms with Crippen molar-refractivity contribution in [3.63, 3.8) is 0 Å². The number of amides is 1. The minimum absolute atomic E-state index is 0.0531. The van der Waals surface area contributed by atoms with E-state index in [-0.39, 0.29) is 21.5 Å². The average Bonchev–Trinajstić information content (AvgIpc) is 2.78. The molecule has 0 aliphatic carbocycles. The molecule has 1 N–H and O–H groups in total. The first-order chi connectivity index (χ1) is 15.3. The van der Waals surface area contributed by atoms with Crippen LogP contribution in [0, 0.1) is 5.21 Å². The molecule has 0 unspecified atom stereocenters. The van der Waals surface area contributed by atoms with Gasteiger partial charge in [-0.15, -0.1) is 0 Å². The number of nitrogens with one attached hydrogen (secondary N) is 1. The fraction of sp³-hybridized carbons (Fsp3) is 0.174. The summed E-state index contributed by atoms with van der Waals surface area (Å²) in [5.41, 5.74) is 2.87. The number of sulfonamides is 1. The highest BCUT2D eigenvalue weighted by atomic mass is 35.5. The Morgan fingerprint density at radius 1 is 1.09 bits per heavy atom. The van der Waals surface area contributed by atoms with E-state index < -0.39 is 10.0 Å². The maximum Gasteiger partial charge on any atom is 0.261 e. The van der Waals surface area contributed by atoms with Gasteiger partial charge < -0.3 is 15.2 Å². The zero-order chi connectivity index (χ0) is 22.9. The van der Waals surface area contributed by atoms with Gasteiger partial charge in [0, 0.05) is 29.2 Å². The molecule has 7 nitrogen and oxygen atoms in total. The molecule has 166 valence electrons. The smallest absolute Gasteiger partial charge is 0.261 e. The molecule has 1 aliphatic rings. The Balaban J connectivity index is 1.53. The summed E-state index contributed by atoms with van der Waals surface area (Å²) < 4.78 is 27.9. The molecule has 0 radical (unpaired) electrons. The van der Waals surface area contributed by atoms with Gasteiger partial charge in [0.2, 0.25) is 0 Å². The Morgan fingerprint density at radius 2 is 1.81 bits per heavy atom. The first-order valence-electron chi connectivity index (χ1n) is 9.99. The molecular formula is C23H21ClN3O4S-. The molecule has 0 aromatic heterocycles. The molecule has 0 spiro atoms. The lowest BCUT2D eigenvalue weighted by atomic mass is 10.0. The summed E-state index contributed by atoms with van der Waals surface area (Å²) in [7, 11) is -2.71. The number of halogens is 1. The van der Waals surface area contributed by atoms with Crippen molar-refractivity contribution in [2.75, 3.05) is 28.3 Å². The van der Waals surface area contributed by atoms with E-state index in [0.717, 1.165) is 24.1 Å². The number of nitrogens with zero attached hydrogens (tertiary/aromatic N) is 2. The zero-order valence-electron chi connectivity index (χ0n) is 17.3. The summed E-state index contributed by atoms with van der Waals surface area (Å²) in [6.07, 6.45) is 1.83. The standard InChI is InChI=1S/C23H21ClN3O4S/c1-26(29)22-15-19(12-13-20(22)24)32(30,31)25-18-10-8-17(9-11-18)23(28)27-14-4-6-16-5-2-3-7-21(16)27/h2-3,5,7-13,15,25H,4,6,14H2,1H3/q-1. The van der Waals surface area contributed by atoms with E-state index in [1.54, 1.807) is 17.0 Å². The summed E-state index contributed by atoms with van der Waals surface area (Å²) >= 11 is 5.95. The number of carbonyl (C=O) groups excluding carboxylic acids is 1. The van der Waals surface area contributed by atoms with E-state index in [1.165, 1.54) is 37.4 Å². The molecular weight excluding hydrogens is 450 g/mol. The highest BCUT2D eigenvalue weighted by Crippen LogP contribution is 2.30. The third-order valence-electron chi connectivity index (χ3n) is 5.31. The van der Waals surface area contributed by atoms with Gasteiger partial charge in [-0.25, -0.2) is 8.42 Å². The van der Waals surface area contributed by atoms with Gasteiger partial charge in [-0.1, -0.05) is 29.8 Å². The second kappa shape index (κ2) is 8.82. The van der Waals surface area contributed by atoms with Crippen LogP contribution in [0.1, 0.15) is 22.3 Å². The monoisotopic (exact) mass is 470 g/mol. The molecule has 1 heterocycles. The van der Waals surface area contributed by atoms with Crippen molar-refractivity contribution in [1.29, 1.82) is 0 Å². The number of hydrogen-bond acceptors (Lipinski definition) is 5. The van der Waals surface area contributed by atoms with Crippen LogP contribution in [0.2, 0.25) is 5.02 Å². The number of anilines is 3. The second-order valence-electron chi connectivity index (χ2n) is 7.48. The summed E-state index contributed by atoms with van der Waals surface area (Å²) in [5.74, 6) is -0.132. The van der Waals surface area contributed by atoms with Crippen LogP contribution in [-0.4, -0.2) is 27.9 Å². The minimum Gasteiger partial charge on any atom is -0.758 e. The van der Waals surface area contributed by atoms with Crippen LogP contribution in [0.15, 0.2) is 71.6 Å². The maximum atomic E-state index is 13.1. The van der Waals surface area contributed by atoms with Gasteiger partial charge >= 0.3 is 0 Å². The minimum atomic E-state index is -3.95. The quantitative estimate of drug-likeness (QED) is 0.547. The molecule has 0 fully saturated rings. The van der Waals surface area contributed by atoms with Gasteiger partial charge in [0.05, 0.1) is 9.92 Å². The Kier molecular flexibility index (Phi) is 6.10. The number of aryl methyl sites for hydroxylation is 1. The molecule has 9 heteroatoms. The van der Waals surface area contributed by atoms with Crippen molar-refractivity contribution in [2.24, 2.45) is 0 Å². The van der Waals surface area contributed by atoms with Crippen LogP contribution in [0.4, 0.5) is 17.1 Å². The molecule has 3 aromatic rings. The van der Waals surface area contributed by atoms with Gasteiger partial charge in [0.1, 0.15) is 0 Å². The van der Waals surface area contributed by atoms with Crippen molar-refractivity contribution in [3.8, 4) is 0 Å². The van der Waals surface area contributed by atoms with E-state index in [1.807, 2.05) is 24.3 Å². The van der Waals surface area contributed by atoms with Gasteiger partial charge in [-0.2, -0.15) is 0 Å². The molecule has 1 aliphatic heterocycles. The van der Waals surface area contributed by atoms with Crippen molar-refractivity contribution in [1.82, 2.24) is 0 Å². The summed E-state index contributed by atoms with van der Waals surface area (Å²) in [6.45, 7) is 0.636. The predicted octanol–water partition coefficient (Wildman–Crippen LogP) is 4.67. The first kappa shape index (κ1) is 22.1. The molecule has 0 atom stereocenters. The number of carbonyl (C=O) groups is 1. The van der Waals surface area contributed by atoms with Gasteiger partial charge in [-0.3, -0.25) is 9.52 Å². The molecule has 3 aromatic carbocycles. The van der Waals surface area contributed by atoms with Crippen LogP contribution in [0.5, 0.6) is 0 Å². The van der Waals surface area contributed by atoms with Crippen molar-refractivity contribution in [2.45, 2.75) is 17.7 Å². The maximum absolute atomic E-state index is 13.1. The Labute approximate surface area is 191 Å². The summed E-state index contributed by atoms with van der Waals surface area (Å²) in [5, 5.41) is 12.3. The topological polar surface area (TPSA) is 92.8 Å². The lowest BCUT2D eigenvalue weighted by molar-refractivity contribution is 0.0985. The average molecular weight is 471 g/mol. The van der Waals surface area contributed by atoms with Crippen molar-refractivity contribution < 1.29 is 13.2 Å².